The number of carboxylic acids is 1. The van der Waals surface area contributed by atoms with Crippen molar-refractivity contribution in [2.75, 3.05) is 0 Å². The van der Waals surface area contributed by atoms with Gasteiger partial charge in [0.2, 0.25) is 0 Å². The number of benzene rings is 2. The Kier molecular flexibility index (Phi) is 3.22. The molecular weight excluding hydrogens is 252 g/mol. The minimum Gasteiger partial charge on any atom is -0.481 e. The third kappa shape index (κ3) is 1.90. The molecule has 0 unspecified atom stereocenters. The molecule has 0 aromatic heterocycles. The van der Waals surface area contributed by atoms with Crippen LogP contribution in [-0.4, -0.2) is 22.3 Å². The molecular formula is C17H18O3. The fourth-order valence-corrected chi connectivity index (χ4v) is 3.33. The van der Waals surface area contributed by atoms with E-state index in [0.29, 0.717) is 12.8 Å². The minimum absolute atomic E-state index is 0.502. The fourth-order valence-electron chi connectivity index (χ4n) is 3.33. The van der Waals surface area contributed by atoms with Crippen LogP contribution in [0.1, 0.15) is 31.2 Å². The lowest BCUT2D eigenvalue weighted by Gasteiger charge is -2.38. The molecule has 0 amide bonds. The van der Waals surface area contributed by atoms with Gasteiger partial charge in [0, 0.05) is 0 Å². The van der Waals surface area contributed by atoms with Gasteiger partial charge in [-0.15, -0.1) is 0 Å². The van der Waals surface area contributed by atoms with Gasteiger partial charge in [0.1, 0.15) is 5.41 Å². The van der Waals surface area contributed by atoms with Gasteiger partial charge in [-0.1, -0.05) is 49.2 Å². The van der Waals surface area contributed by atoms with E-state index in [2.05, 4.69) is 0 Å². The van der Waals surface area contributed by atoms with Gasteiger partial charge in [-0.05, 0) is 35.2 Å². The Morgan fingerprint density at radius 3 is 2.55 bits per heavy atom. The van der Waals surface area contributed by atoms with Gasteiger partial charge in [-0.25, -0.2) is 0 Å². The molecule has 1 fully saturated rings. The first kappa shape index (κ1) is 13.1. The summed E-state index contributed by atoms with van der Waals surface area (Å²) in [5.74, 6) is -0.917. The lowest BCUT2D eigenvalue weighted by Crippen LogP contribution is -2.48. The molecule has 0 saturated heterocycles. The molecule has 1 aliphatic carbocycles. The van der Waals surface area contributed by atoms with Crippen LogP contribution in [0.5, 0.6) is 0 Å². The molecule has 2 aromatic rings. The molecule has 3 rings (SSSR count). The number of fused-ring (bicyclic) bond motifs is 1. The van der Waals surface area contributed by atoms with Crippen molar-refractivity contribution in [3.8, 4) is 0 Å². The molecule has 3 nitrogen and oxygen atoms in total. The van der Waals surface area contributed by atoms with Crippen molar-refractivity contribution < 1.29 is 15.0 Å². The van der Waals surface area contributed by atoms with Crippen LogP contribution >= 0.6 is 0 Å². The minimum atomic E-state index is -1.15. The van der Waals surface area contributed by atoms with Gasteiger partial charge >= 0.3 is 5.97 Å². The lowest BCUT2D eigenvalue weighted by molar-refractivity contribution is -0.151. The summed E-state index contributed by atoms with van der Waals surface area (Å²) in [6.45, 7) is 0. The van der Waals surface area contributed by atoms with Gasteiger partial charge in [0.25, 0.3) is 0 Å². The smallest absolute Gasteiger partial charge is 0.316 e. The van der Waals surface area contributed by atoms with E-state index in [0.717, 1.165) is 29.2 Å². The summed E-state index contributed by atoms with van der Waals surface area (Å²) in [6.07, 6.45) is 1.98. The van der Waals surface area contributed by atoms with Crippen molar-refractivity contribution in [1.82, 2.24) is 0 Å². The maximum Gasteiger partial charge on any atom is 0.316 e. The fraction of sp³-hybridized carbons (Fsp3) is 0.353. The second-order valence-electron chi connectivity index (χ2n) is 5.60. The zero-order valence-corrected chi connectivity index (χ0v) is 11.2. The Morgan fingerprint density at radius 2 is 1.85 bits per heavy atom. The predicted octanol–water partition coefficient (Wildman–Crippen LogP) is 3.10. The first-order valence-electron chi connectivity index (χ1n) is 7.05. The SMILES string of the molecule is O=C(O)[C@]1(c2ccc3ccccc3c2)CCCC[C@H]1O. The summed E-state index contributed by atoms with van der Waals surface area (Å²) in [6, 6.07) is 13.6. The van der Waals surface area contributed by atoms with Gasteiger partial charge in [0.15, 0.2) is 0 Å². The summed E-state index contributed by atoms with van der Waals surface area (Å²) in [7, 11) is 0. The molecule has 0 aliphatic heterocycles. The summed E-state index contributed by atoms with van der Waals surface area (Å²) in [4.78, 5) is 11.9. The Bertz CT molecular complexity index is 649. The first-order chi connectivity index (χ1) is 9.64. The normalized spacial score (nSPS) is 26.6. The predicted molar refractivity (Wildman–Crippen MR) is 77.7 cm³/mol. The highest BCUT2D eigenvalue weighted by Gasteiger charge is 2.48. The molecule has 3 heteroatoms. The summed E-state index contributed by atoms with van der Waals surface area (Å²) >= 11 is 0. The van der Waals surface area contributed by atoms with Crippen LogP contribution in [0.4, 0.5) is 0 Å². The first-order valence-corrected chi connectivity index (χ1v) is 7.05. The van der Waals surface area contributed by atoms with Gasteiger partial charge in [0.05, 0.1) is 6.10 Å². The highest BCUT2D eigenvalue weighted by Crippen LogP contribution is 2.40. The Labute approximate surface area is 117 Å². The number of carboxylic acid groups (broad SMARTS) is 1. The van der Waals surface area contributed by atoms with E-state index >= 15 is 0 Å². The summed E-state index contributed by atoms with van der Waals surface area (Å²) < 4.78 is 0. The van der Waals surface area contributed by atoms with Gasteiger partial charge < -0.3 is 10.2 Å². The third-order valence-corrected chi connectivity index (χ3v) is 4.51. The van der Waals surface area contributed by atoms with Crippen LogP contribution in [0.25, 0.3) is 10.8 Å². The quantitative estimate of drug-likeness (QED) is 0.881. The standard InChI is InChI=1S/C17H18O3/c18-15-7-3-4-10-17(15,16(19)20)14-9-8-12-5-1-2-6-13(12)11-14/h1-2,5-6,8-9,11,15,18H,3-4,7,10H2,(H,19,20)/t15-,17+/m1/s1. The van der Waals surface area contributed by atoms with E-state index in [-0.39, 0.29) is 0 Å². The van der Waals surface area contributed by atoms with E-state index < -0.39 is 17.5 Å². The zero-order chi connectivity index (χ0) is 14.2. The molecule has 104 valence electrons. The van der Waals surface area contributed by atoms with Crippen molar-refractivity contribution in [1.29, 1.82) is 0 Å². The number of rotatable bonds is 2. The third-order valence-electron chi connectivity index (χ3n) is 4.51. The van der Waals surface area contributed by atoms with Gasteiger partial charge in [-0.3, -0.25) is 4.79 Å². The maximum atomic E-state index is 11.9. The maximum absolute atomic E-state index is 11.9. The number of aliphatic hydroxyl groups is 1. The van der Waals surface area contributed by atoms with E-state index in [4.69, 9.17) is 0 Å². The molecule has 2 N–H and O–H groups in total. The van der Waals surface area contributed by atoms with Crippen LogP contribution in [0.3, 0.4) is 0 Å². The van der Waals surface area contributed by atoms with Crippen molar-refractivity contribution in [2.24, 2.45) is 0 Å². The Hall–Kier alpha value is -1.87. The van der Waals surface area contributed by atoms with Crippen molar-refractivity contribution in [3.63, 3.8) is 0 Å². The number of aliphatic carboxylic acids is 1. The largest absolute Gasteiger partial charge is 0.481 e. The van der Waals surface area contributed by atoms with E-state index in [1.165, 1.54) is 0 Å². The lowest BCUT2D eigenvalue weighted by atomic mass is 9.67. The van der Waals surface area contributed by atoms with Crippen LogP contribution in [0.15, 0.2) is 42.5 Å². The Morgan fingerprint density at radius 1 is 1.10 bits per heavy atom. The average molecular weight is 270 g/mol. The summed E-state index contributed by atoms with van der Waals surface area (Å²) in [5, 5.41) is 22.2. The number of hydrogen-bond acceptors (Lipinski definition) is 2. The van der Waals surface area contributed by atoms with E-state index in [1.54, 1.807) is 0 Å². The Balaban J connectivity index is 2.16. The van der Waals surface area contributed by atoms with E-state index in [9.17, 15) is 15.0 Å². The second-order valence-corrected chi connectivity index (χ2v) is 5.60. The van der Waals surface area contributed by atoms with Crippen molar-refractivity contribution in [2.45, 2.75) is 37.2 Å². The van der Waals surface area contributed by atoms with Crippen LogP contribution in [0.2, 0.25) is 0 Å². The molecule has 1 saturated carbocycles. The van der Waals surface area contributed by atoms with Crippen molar-refractivity contribution in [3.05, 3.63) is 48.0 Å². The number of carbonyl (C=O) groups is 1. The molecule has 20 heavy (non-hydrogen) atoms. The van der Waals surface area contributed by atoms with Crippen LogP contribution in [-0.2, 0) is 10.2 Å². The van der Waals surface area contributed by atoms with Crippen LogP contribution < -0.4 is 0 Å². The molecule has 2 atom stereocenters. The molecule has 1 aliphatic rings. The topological polar surface area (TPSA) is 57.5 Å². The molecule has 2 aromatic carbocycles. The molecule has 0 spiro atoms. The van der Waals surface area contributed by atoms with E-state index in [1.807, 2.05) is 42.5 Å². The summed E-state index contributed by atoms with van der Waals surface area (Å²) in [5.41, 5.74) is -0.432. The molecule has 0 radical (unpaired) electrons. The second kappa shape index (κ2) is 4.91. The highest BCUT2D eigenvalue weighted by atomic mass is 16.4. The van der Waals surface area contributed by atoms with Gasteiger partial charge in [-0.2, -0.15) is 0 Å². The highest BCUT2D eigenvalue weighted by molar-refractivity contribution is 5.88. The number of aliphatic hydroxyl groups excluding tert-OH is 1. The number of hydrogen-bond donors (Lipinski definition) is 2. The molecule has 0 heterocycles. The monoisotopic (exact) mass is 270 g/mol. The average Bonchev–Trinajstić information content (AvgIpc) is 2.47. The van der Waals surface area contributed by atoms with Crippen molar-refractivity contribution >= 4 is 16.7 Å². The molecule has 0 bridgehead atoms. The zero-order valence-electron chi connectivity index (χ0n) is 11.2. The van der Waals surface area contributed by atoms with Crippen LogP contribution in [0, 0.1) is 0 Å².